The van der Waals surface area contributed by atoms with Gasteiger partial charge in [-0.05, 0) is 31.0 Å². The third-order valence-electron chi connectivity index (χ3n) is 2.87. The lowest BCUT2D eigenvalue weighted by Crippen LogP contribution is -2.37. The van der Waals surface area contributed by atoms with E-state index in [1.807, 2.05) is 0 Å². The lowest BCUT2D eigenvalue weighted by atomic mass is 10.1. The molecule has 0 radical (unpaired) electrons. The molecule has 1 aromatic carbocycles. The van der Waals surface area contributed by atoms with Crippen molar-refractivity contribution in [3.63, 3.8) is 0 Å². The first kappa shape index (κ1) is 14.6. The van der Waals surface area contributed by atoms with E-state index in [2.05, 4.69) is 15.9 Å². The number of halogens is 4. The molecule has 1 saturated carbocycles. The van der Waals surface area contributed by atoms with Crippen LogP contribution < -0.4 is 10.6 Å². The van der Waals surface area contributed by atoms with Gasteiger partial charge in [-0.2, -0.15) is 13.2 Å². The minimum Gasteiger partial charge on any atom is -0.389 e. The highest BCUT2D eigenvalue weighted by molar-refractivity contribution is 9.10. The summed E-state index contributed by atoms with van der Waals surface area (Å²) in [5.41, 5.74) is 6.52. The predicted molar refractivity (Wildman–Crippen MR) is 76.5 cm³/mol. The molecule has 0 unspecified atom stereocenters. The van der Waals surface area contributed by atoms with E-state index in [-0.39, 0.29) is 11.0 Å². The van der Waals surface area contributed by atoms with Crippen LogP contribution in [0.25, 0.3) is 0 Å². The Labute approximate surface area is 122 Å². The highest BCUT2D eigenvalue weighted by atomic mass is 79.9. The van der Waals surface area contributed by atoms with Gasteiger partial charge in [-0.3, -0.25) is 0 Å². The van der Waals surface area contributed by atoms with Crippen molar-refractivity contribution in [3.8, 4) is 0 Å². The number of rotatable bonds is 4. The van der Waals surface area contributed by atoms with Gasteiger partial charge in [0.05, 0.1) is 0 Å². The molecule has 1 aromatic rings. The van der Waals surface area contributed by atoms with Crippen molar-refractivity contribution < 1.29 is 13.2 Å². The number of alkyl halides is 3. The van der Waals surface area contributed by atoms with Gasteiger partial charge in [-0.15, -0.1) is 0 Å². The van der Waals surface area contributed by atoms with Gasteiger partial charge in [0.15, 0.2) is 0 Å². The van der Waals surface area contributed by atoms with Crippen molar-refractivity contribution in [2.75, 3.05) is 11.4 Å². The molecule has 1 aliphatic carbocycles. The van der Waals surface area contributed by atoms with E-state index >= 15 is 0 Å². The van der Waals surface area contributed by atoms with Gasteiger partial charge < -0.3 is 10.6 Å². The van der Waals surface area contributed by atoms with Crippen LogP contribution in [0.1, 0.15) is 18.4 Å². The van der Waals surface area contributed by atoms with Crippen LogP contribution >= 0.6 is 28.1 Å². The average molecular weight is 353 g/mol. The summed E-state index contributed by atoms with van der Waals surface area (Å²) in [6, 6.07) is 4.92. The van der Waals surface area contributed by atoms with Gasteiger partial charge in [0, 0.05) is 21.8 Å². The Kier molecular flexibility index (Phi) is 4.06. The fourth-order valence-corrected chi connectivity index (χ4v) is 2.46. The van der Waals surface area contributed by atoms with Crippen LogP contribution in [0.5, 0.6) is 0 Å². The first-order valence-electron chi connectivity index (χ1n) is 5.70. The van der Waals surface area contributed by atoms with Crippen molar-refractivity contribution >= 4 is 38.8 Å². The largest absolute Gasteiger partial charge is 0.405 e. The van der Waals surface area contributed by atoms with E-state index in [9.17, 15) is 13.2 Å². The summed E-state index contributed by atoms with van der Waals surface area (Å²) in [5.74, 6) is 0. The molecule has 7 heteroatoms. The van der Waals surface area contributed by atoms with Crippen LogP contribution in [0.15, 0.2) is 22.7 Å². The van der Waals surface area contributed by atoms with Crippen molar-refractivity contribution in [2.24, 2.45) is 5.73 Å². The Balaban J connectivity index is 2.40. The molecule has 0 amide bonds. The van der Waals surface area contributed by atoms with Gasteiger partial charge in [-0.25, -0.2) is 0 Å². The second-order valence-electron chi connectivity index (χ2n) is 4.50. The van der Waals surface area contributed by atoms with E-state index in [1.165, 1.54) is 4.90 Å². The van der Waals surface area contributed by atoms with Crippen LogP contribution in [-0.2, 0) is 0 Å². The van der Waals surface area contributed by atoms with E-state index in [4.69, 9.17) is 18.0 Å². The van der Waals surface area contributed by atoms with Gasteiger partial charge in [0.25, 0.3) is 0 Å². The van der Waals surface area contributed by atoms with E-state index < -0.39 is 12.7 Å². The molecule has 0 spiro atoms. The molecule has 2 rings (SSSR count). The van der Waals surface area contributed by atoms with Crippen LogP contribution in [0.4, 0.5) is 18.9 Å². The molecule has 0 aliphatic heterocycles. The molecule has 2 nitrogen and oxygen atoms in total. The van der Waals surface area contributed by atoms with Gasteiger partial charge in [0.1, 0.15) is 11.5 Å². The zero-order valence-corrected chi connectivity index (χ0v) is 12.3. The smallest absolute Gasteiger partial charge is 0.389 e. The molecule has 19 heavy (non-hydrogen) atoms. The quantitative estimate of drug-likeness (QED) is 0.839. The van der Waals surface area contributed by atoms with Gasteiger partial charge in [0.2, 0.25) is 0 Å². The second-order valence-corrected chi connectivity index (χ2v) is 5.86. The summed E-state index contributed by atoms with van der Waals surface area (Å²) in [4.78, 5) is 1.45. The number of benzene rings is 1. The van der Waals surface area contributed by atoms with E-state index in [1.54, 1.807) is 18.2 Å². The summed E-state index contributed by atoms with van der Waals surface area (Å²) in [6.07, 6.45) is -2.73. The molecule has 1 aliphatic rings. The summed E-state index contributed by atoms with van der Waals surface area (Å²) in [6.45, 7) is -0.982. The first-order chi connectivity index (χ1) is 8.78. The Morgan fingerprint density at radius 2 is 2.05 bits per heavy atom. The first-order valence-corrected chi connectivity index (χ1v) is 6.91. The minimum absolute atomic E-state index is 0.0796. The van der Waals surface area contributed by atoms with E-state index in [0.29, 0.717) is 15.7 Å². The third kappa shape index (κ3) is 3.82. The summed E-state index contributed by atoms with van der Waals surface area (Å²) < 4.78 is 38.8. The average Bonchev–Trinajstić information content (AvgIpc) is 3.07. The molecule has 0 aromatic heterocycles. The van der Waals surface area contributed by atoms with Crippen LogP contribution in [0.3, 0.4) is 0 Å². The molecular weight excluding hydrogens is 341 g/mol. The van der Waals surface area contributed by atoms with Crippen molar-refractivity contribution in [3.05, 3.63) is 28.2 Å². The predicted octanol–water partition coefficient (Wildman–Crippen LogP) is 3.61. The van der Waals surface area contributed by atoms with Gasteiger partial charge in [-0.1, -0.05) is 28.1 Å². The van der Waals surface area contributed by atoms with Crippen LogP contribution in [-0.4, -0.2) is 23.8 Å². The lowest BCUT2D eigenvalue weighted by Gasteiger charge is -2.28. The molecule has 0 atom stereocenters. The van der Waals surface area contributed by atoms with Gasteiger partial charge >= 0.3 is 6.18 Å². The molecule has 0 saturated heterocycles. The number of hydrogen-bond donors (Lipinski definition) is 1. The Morgan fingerprint density at radius 3 is 2.53 bits per heavy atom. The molecular formula is C12H12BrF3N2S. The second kappa shape index (κ2) is 5.28. The zero-order valence-electron chi connectivity index (χ0n) is 9.88. The molecule has 104 valence electrons. The molecule has 1 fully saturated rings. The highest BCUT2D eigenvalue weighted by Gasteiger charge is 2.39. The van der Waals surface area contributed by atoms with Crippen LogP contribution in [0.2, 0.25) is 0 Å². The number of nitrogens with two attached hydrogens (primary N) is 1. The fourth-order valence-electron chi connectivity index (χ4n) is 1.94. The maximum Gasteiger partial charge on any atom is 0.405 e. The Hall–Kier alpha value is -0.820. The highest BCUT2D eigenvalue weighted by Crippen LogP contribution is 2.37. The Morgan fingerprint density at radius 1 is 1.42 bits per heavy atom. The number of hydrogen-bond acceptors (Lipinski definition) is 2. The lowest BCUT2D eigenvalue weighted by molar-refractivity contribution is -0.120. The standard InChI is InChI=1S/C12H12BrF3N2S/c13-7-1-4-9(11(17)19)10(5-7)18(8-2-3-8)6-12(14,15)16/h1,4-5,8H,2-3,6H2,(H2,17,19). The minimum atomic E-state index is -4.25. The zero-order chi connectivity index (χ0) is 14.2. The SMILES string of the molecule is NC(=S)c1ccc(Br)cc1N(CC(F)(F)F)C1CC1. The summed E-state index contributed by atoms with van der Waals surface area (Å²) >= 11 is 8.19. The maximum atomic E-state index is 12.7. The number of anilines is 1. The van der Waals surface area contributed by atoms with E-state index in [0.717, 1.165) is 12.8 Å². The fraction of sp³-hybridized carbons (Fsp3) is 0.417. The topological polar surface area (TPSA) is 29.3 Å². The van der Waals surface area contributed by atoms with Crippen molar-refractivity contribution in [1.29, 1.82) is 0 Å². The number of thiocarbonyl (C=S) groups is 1. The Bertz CT molecular complexity index is 500. The monoisotopic (exact) mass is 352 g/mol. The van der Waals surface area contributed by atoms with Crippen molar-refractivity contribution in [1.82, 2.24) is 0 Å². The summed E-state index contributed by atoms with van der Waals surface area (Å²) in [7, 11) is 0. The summed E-state index contributed by atoms with van der Waals surface area (Å²) in [5, 5.41) is 0. The number of nitrogens with zero attached hydrogens (tertiary/aromatic N) is 1. The van der Waals surface area contributed by atoms with Crippen molar-refractivity contribution in [2.45, 2.75) is 25.1 Å². The normalized spacial score (nSPS) is 15.4. The maximum absolute atomic E-state index is 12.7. The van der Waals surface area contributed by atoms with Crippen LogP contribution in [0, 0.1) is 0 Å². The molecule has 0 bridgehead atoms. The third-order valence-corrected chi connectivity index (χ3v) is 3.59. The molecule has 2 N–H and O–H groups in total. The molecule has 0 heterocycles.